The number of carbonyl (C=O) groups is 6. The van der Waals surface area contributed by atoms with Crippen LogP contribution in [-0.4, -0.2) is 142 Å². The van der Waals surface area contributed by atoms with Crippen LogP contribution in [0.3, 0.4) is 0 Å². The molecule has 1 aromatic carbocycles. The van der Waals surface area contributed by atoms with Gasteiger partial charge in [0.25, 0.3) is 0 Å². The van der Waals surface area contributed by atoms with Gasteiger partial charge < -0.3 is 36.8 Å². The summed E-state index contributed by atoms with van der Waals surface area (Å²) in [6.45, 7) is 1.91. The topological polar surface area (TPSA) is 243 Å². The van der Waals surface area contributed by atoms with E-state index in [1.165, 1.54) is 54.4 Å². The lowest BCUT2D eigenvalue weighted by Crippen LogP contribution is -2.50. The quantitative estimate of drug-likeness (QED) is 0.0560. The third-order valence-corrected chi connectivity index (χ3v) is 8.40. The van der Waals surface area contributed by atoms with Gasteiger partial charge in [0.2, 0.25) is 11.8 Å². The van der Waals surface area contributed by atoms with Crippen LogP contribution in [0, 0.1) is 0 Å². The molecule has 0 bridgehead atoms. The first-order chi connectivity index (χ1) is 24.2. The molecule has 16 heteroatoms. The number of aryl methyl sites for hydroxylation is 1. The van der Waals surface area contributed by atoms with Gasteiger partial charge in [-0.2, -0.15) is 0 Å². The highest BCUT2D eigenvalue weighted by Crippen LogP contribution is 2.14. The Morgan fingerprint density at radius 3 is 1.78 bits per heavy atom. The van der Waals surface area contributed by atoms with E-state index >= 15 is 0 Å². The standard InChI is InChI=1S/C35H58N6O10/c1-3-4-5-6-7-8-11-27-13-15-28(16-14-27)38-35(51)29(36)12-9-10-17-37-34(50)26(2)41(25-33(48)49)21-20-39(22-30(42)43)18-19-40(23-31(44)45)24-32(46)47/h13-16,26,29H,3-12,17-25,36H2,1-2H3,(H,37,50)(H,38,51)(H,42,43)(H,44,45)(H,46,47)(H,48,49). The summed E-state index contributed by atoms with van der Waals surface area (Å²) in [5, 5.41) is 42.5. The SMILES string of the molecule is CCCCCCCCc1ccc(NC(=O)C(N)CCCCNC(=O)C(C)N(CCN(CCN(CC(=O)O)CC(=O)O)CC(=O)O)CC(=O)O)cc1. The van der Waals surface area contributed by atoms with E-state index in [0.717, 1.165) is 17.7 Å². The maximum Gasteiger partial charge on any atom is 0.317 e. The predicted octanol–water partition coefficient (Wildman–Crippen LogP) is 1.77. The number of rotatable bonds is 30. The summed E-state index contributed by atoms with van der Waals surface area (Å²) in [6.07, 6.45) is 9.91. The molecule has 8 N–H and O–H groups in total. The van der Waals surface area contributed by atoms with Crippen molar-refractivity contribution in [3.8, 4) is 0 Å². The lowest BCUT2D eigenvalue weighted by atomic mass is 10.0. The molecule has 0 spiro atoms. The summed E-state index contributed by atoms with van der Waals surface area (Å²) < 4.78 is 0. The average Bonchev–Trinajstić information content (AvgIpc) is 3.05. The van der Waals surface area contributed by atoms with Crippen molar-refractivity contribution in [2.24, 2.45) is 5.73 Å². The van der Waals surface area contributed by atoms with Crippen molar-refractivity contribution in [2.45, 2.75) is 90.1 Å². The van der Waals surface area contributed by atoms with Crippen LogP contribution >= 0.6 is 0 Å². The van der Waals surface area contributed by atoms with Crippen LogP contribution in [0.5, 0.6) is 0 Å². The fourth-order valence-corrected chi connectivity index (χ4v) is 5.44. The van der Waals surface area contributed by atoms with Crippen molar-refractivity contribution in [2.75, 3.05) is 64.2 Å². The summed E-state index contributed by atoms with van der Waals surface area (Å²) >= 11 is 0. The molecular weight excluding hydrogens is 664 g/mol. The number of carboxylic acid groups (broad SMARTS) is 4. The third kappa shape index (κ3) is 21.6. The molecule has 0 fully saturated rings. The third-order valence-electron chi connectivity index (χ3n) is 8.40. The summed E-state index contributed by atoms with van der Waals surface area (Å²) in [7, 11) is 0. The van der Waals surface area contributed by atoms with Gasteiger partial charge in [-0.25, -0.2) is 0 Å². The minimum atomic E-state index is -1.24. The van der Waals surface area contributed by atoms with Crippen molar-refractivity contribution in [1.29, 1.82) is 0 Å². The number of unbranched alkanes of at least 4 members (excludes halogenated alkanes) is 6. The molecule has 0 saturated carbocycles. The second-order valence-corrected chi connectivity index (χ2v) is 12.8. The van der Waals surface area contributed by atoms with E-state index in [-0.39, 0.29) is 38.6 Å². The first-order valence-electron chi connectivity index (χ1n) is 17.7. The Kier molecular flexibility index (Phi) is 22.7. The Balaban J connectivity index is 2.52. The van der Waals surface area contributed by atoms with Crippen LogP contribution in [0.25, 0.3) is 0 Å². The van der Waals surface area contributed by atoms with E-state index in [1.54, 1.807) is 0 Å². The second kappa shape index (κ2) is 25.8. The maximum absolute atomic E-state index is 12.9. The normalized spacial score (nSPS) is 12.5. The van der Waals surface area contributed by atoms with Gasteiger partial charge in [0.1, 0.15) is 0 Å². The van der Waals surface area contributed by atoms with Crippen LogP contribution in [-0.2, 0) is 35.2 Å². The lowest BCUT2D eigenvalue weighted by Gasteiger charge is -2.30. The molecular formula is C35H58N6O10. The largest absolute Gasteiger partial charge is 0.480 e. The number of anilines is 1. The van der Waals surface area contributed by atoms with Gasteiger partial charge in [-0.15, -0.1) is 0 Å². The first kappa shape index (κ1) is 44.9. The predicted molar refractivity (Wildman–Crippen MR) is 191 cm³/mol. The molecule has 2 atom stereocenters. The van der Waals surface area contributed by atoms with Crippen LogP contribution in [0.4, 0.5) is 5.69 Å². The molecule has 0 aromatic heterocycles. The lowest BCUT2D eigenvalue weighted by molar-refractivity contribution is -0.143. The zero-order chi connectivity index (χ0) is 38.2. The molecule has 1 rings (SSSR count). The number of amides is 2. The van der Waals surface area contributed by atoms with Crippen molar-refractivity contribution >= 4 is 41.4 Å². The molecule has 0 heterocycles. The highest BCUT2D eigenvalue weighted by atomic mass is 16.4. The Bertz CT molecular complexity index is 1220. The molecule has 0 aliphatic rings. The average molecular weight is 723 g/mol. The Labute approximate surface area is 300 Å². The van der Waals surface area contributed by atoms with Crippen LogP contribution in [0.2, 0.25) is 0 Å². The van der Waals surface area contributed by atoms with Gasteiger partial charge in [0, 0.05) is 38.4 Å². The second-order valence-electron chi connectivity index (χ2n) is 12.8. The van der Waals surface area contributed by atoms with E-state index in [2.05, 4.69) is 17.6 Å². The Hall–Kier alpha value is -4.12. The minimum Gasteiger partial charge on any atom is -0.480 e. The molecule has 51 heavy (non-hydrogen) atoms. The van der Waals surface area contributed by atoms with Crippen LogP contribution < -0.4 is 16.4 Å². The monoisotopic (exact) mass is 722 g/mol. The molecule has 0 saturated heterocycles. The number of aliphatic carboxylic acids is 4. The number of carboxylic acids is 4. The van der Waals surface area contributed by atoms with Gasteiger partial charge in [-0.05, 0) is 56.7 Å². The van der Waals surface area contributed by atoms with E-state index in [4.69, 9.17) is 15.9 Å². The number of nitrogens with two attached hydrogens (primary N) is 1. The van der Waals surface area contributed by atoms with Gasteiger partial charge in [0.05, 0.1) is 38.3 Å². The molecule has 2 amide bonds. The Morgan fingerprint density at radius 2 is 1.20 bits per heavy atom. The maximum atomic E-state index is 12.9. The van der Waals surface area contributed by atoms with Gasteiger partial charge in [-0.3, -0.25) is 43.5 Å². The van der Waals surface area contributed by atoms with E-state index in [1.807, 2.05) is 24.3 Å². The number of hydrogen-bond acceptors (Lipinski definition) is 10. The summed E-state index contributed by atoms with van der Waals surface area (Å²) in [5.41, 5.74) is 8.01. The molecule has 0 radical (unpaired) electrons. The number of hydrogen-bond donors (Lipinski definition) is 7. The minimum absolute atomic E-state index is 0.0000959. The van der Waals surface area contributed by atoms with Gasteiger partial charge >= 0.3 is 23.9 Å². The zero-order valence-corrected chi connectivity index (χ0v) is 30.1. The zero-order valence-electron chi connectivity index (χ0n) is 30.1. The molecule has 288 valence electrons. The van der Waals surface area contributed by atoms with Crippen LogP contribution in [0.1, 0.15) is 77.2 Å². The number of carbonyl (C=O) groups excluding carboxylic acids is 2. The summed E-state index contributed by atoms with van der Waals surface area (Å²) in [5.74, 6) is -5.58. The van der Waals surface area contributed by atoms with E-state index < -0.39 is 68.0 Å². The molecule has 2 unspecified atom stereocenters. The summed E-state index contributed by atoms with van der Waals surface area (Å²) in [6, 6.07) is 6.18. The molecule has 0 aliphatic carbocycles. The molecule has 0 aliphatic heterocycles. The summed E-state index contributed by atoms with van der Waals surface area (Å²) in [4.78, 5) is 74.6. The van der Waals surface area contributed by atoms with Crippen molar-refractivity contribution in [3.05, 3.63) is 29.8 Å². The first-order valence-corrected chi connectivity index (χ1v) is 17.7. The highest BCUT2D eigenvalue weighted by Gasteiger charge is 2.25. The van der Waals surface area contributed by atoms with Gasteiger partial charge in [0.15, 0.2) is 0 Å². The van der Waals surface area contributed by atoms with Crippen molar-refractivity contribution in [3.63, 3.8) is 0 Å². The van der Waals surface area contributed by atoms with Crippen molar-refractivity contribution in [1.82, 2.24) is 20.0 Å². The van der Waals surface area contributed by atoms with E-state index in [9.17, 15) is 39.0 Å². The number of benzene rings is 1. The van der Waals surface area contributed by atoms with E-state index in [0.29, 0.717) is 24.9 Å². The smallest absolute Gasteiger partial charge is 0.317 e. The number of nitrogens with zero attached hydrogens (tertiary/aromatic N) is 3. The van der Waals surface area contributed by atoms with Gasteiger partial charge in [-0.1, -0.05) is 51.2 Å². The highest BCUT2D eigenvalue weighted by molar-refractivity contribution is 5.94. The fraction of sp³-hybridized carbons (Fsp3) is 0.657. The molecule has 16 nitrogen and oxygen atoms in total. The van der Waals surface area contributed by atoms with Crippen LogP contribution in [0.15, 0.2) is 24.3 Å². The fourth-order valence-electron chi connectivity index (χ4n) is 5.44. The number of nitrogens with one attached hydrogen (secondary N) is 2. The van der Waals surface area contributed by atoms with Crippen molar-refractivity contribution < 1.29 is 49.2 Å². The Morgan fingerprint density at radius 1 is 0.667 bits per heavy atom. The molecule has 1 aromatic rings.